The van der Waals surface area contributed by atoms with Gasteiger partial charge in [-0.15, -0.1) is 0 Å². The van der Waals surface area contributed by atoms with Crippen LogP contribution in [0.3, 0.4) is 0 Å². The number of hydrogen-bond acceptors (Lipinski definition) is 0. The molecule has 0 bridgehead atoms. The van der Waals surface area contributed by atoms with Crippen molar-refractivity contribution in [2.45, 2.75) is 76.4 Å². The van der Waals surface area contributed by atoms with Crippen LogP contribution in [0.2, 0.25) is 5.28 Å². The third kappa shape index (κ3) is 13.0. The van der Waals surface area contributed by atoms with Crippen LogP contribution in [-0.4, -0.2) is 13.4 Å². The summed E-state index contributed by atoms with van der Waals surface area (Å²) >= 11 is 3.78. The smallest absolute Gasteiger partial charge is 0.223 e. The number of rotatable bonds is 11. The van der Waals surface area contributed by atoms with E-state index in [0.717, 1.165) is 0 Å². The van der Waals surface area contributed by atoms with E-state index in [0.29, 0.717) is 0 Å². The molecule has 0 N–H and O–H groups in total. The minimum Gasteiger partial charge on any atom is -0.223 e. The molecule has 0 saturated heterocycles. The molecule has 0 aromatic rings. The summed E-state index contributed by atoms with van der Waals surface area (Å²) in [7, 11) is 0. The van der Waals surface area contributed by atoms with Crippen LogP contribution in [0.5, 0.6) is 0 Å². The summed E-state index contributed by atoms with van der Waals surface area (Å²) in [4.78, 5) is 0. The largest absolute Gasteiger partial charge is 0.342 e. The van der Waals surface area contributed by atoms with E-state index in [9.17, 15) is 0 Å². The van der Waals surface area contributed by atoms with Gasteiger partial charge in [-0.05, 0) is 0 Å². The molecule has 0 unspecified atom stereocenters. The quantitative estimate of drug-likeness (QED) is 0.365. The van der Waals surface area contributed by atoms with E-state index in [1.165, 1.54) is 69.5 Å². The topological polar surface area (TPSA) is 0 Å². The molecule has 0 nitrogen and oxygen atoms in total. The van der Waals surface area contributed by atoms with Gasteiger partial charge in [0.15, 0.2) is 0 Å². The molecule has 0 aliphatic heterocycles. The Morgan fingerprint density at radius 3 is 1.57 bits per heavy atom. The van der Waals surface area contributed by atoms with Crippen molar-refractivity contribution < 1.29 is 0 Å². The van der Waals surface area contributed by atoms with E-state index in [2.05, 4.69) is 21.0 Å². The van der Waals surface area contributed by atoms with Gasteiger partial charge in [-0.3, -0.25) is 0 Å². The maximum Gasteiger partial charge on any atom is 0.342 e. The van der Waals surface area contributed by atoms with E-state index in [-0.39, 0.29) is 13.4 Å². The summed E-state index contributed by atoms with van der Waals surface area (Å²) < 4.78 is 0. The zero-order valence-electron chi connectivity index (χ0n) is 9.86. The van der Waals surface area contributed by atoms with Crippen LogP contribution >= 0.6 is 14.1 Å². The molecule has 0 aliphatic rings. The summed E-state index contributed by atoms with van der Waals surface area (Å²) in [5.41, 5.74) is 0. The van der Waals surface area contributed by atoms with Crippen molar-refractivity contribution in [1.82, 2.24) is 0 Å². The monoisotopic (exact) mass is 276 g/mol. The summed E-state index contributed by atoms with van der Waals surface area (Å²) in [6.07, 6.45) is 14.6. The lowest BCUT2D eigenvalue weighted by Crippen LogP contribution is -1.82. The molecular weight excluding hydrogens is 251 g/mol. The minimum absolute atomic E-state index is 0.173. The van der Waals surface area contributed by atoms with Gasteiger partial charge in [0.1, 0.15) is 0 Å². The molecule has 14 heavy (non-hydrogen) atoms. The highest BCUT2D eigenvalue weighted by Crippen LogP contribution is 2.11. The highest BCUT2D eigenvalue weighted by atomic mass is 79.9. The maximum atomic E-state index is 3.61. The molecule has 0 amide bonds. The zero-order chi connectivity index (χ0) is 10.5. The fourth-order valence-electron chi connectivity index (χ4n) is 1.76. The van der Waals surface area contributed by atoms with Crippen LogP contribution in [-0.2, 0) is 0 Å². The number of unbranched alkanes of at least 4 members (excludes halogenated alkanes) is 9. The van der Waals surface area contributed by atoms with Crippen LogP contribution in [0.15, 0.2) is 0 Å². The van der Waals surface area contributed by atoms with Crippen molar-refractivity contribution in [2.75, 3.05) is 0 Å². The second kappa shape index (κ2) is 14.0. The lowest BCUT2D eigenvalue weighted by molar-refractivity contribution is 0.562. The first-order valence-corrected chi connectivity index (χ1v) is 11.4. The Morgan fingerprint density at radius 1 is 0.714 bits per heavy atom. The third-order valence-electron chi connectivity index (χ3n) is 2.74. The fourth-order valence-corrected chi connectivity index (χ4v) is 3.49. The molecule has 0 aliphatic carbocycles. The zero-order valence-corrected chi connectivity index (χ0v) is 12.9. The SMILES string of the molecule is CCCCCCCCCCC[CH2][AlH][Br]. The summed E-state index contributed by atoms with van der Waals surface area (Å²) in [6, 6.07) is 0. The standard InChI is InChI=1S/C12H25.Al.BrH.H/c1-3-5-7-9-11-12-10-8-6-4-2;;;/h1,3-12H2,2H3;;1H;/q;+1;;/p-1. The molecule has 84 valence electrons. The van der Waals surface area contributed by atoms with Gasteiger partial charge in [-0.2, -0.15) is 0 Å². The fraction of sp³-hybridized carbons (Fsp3) is 1.00. The average Bonchev–Trinajstić information content (AvgIpc) is 2.21. The number of hydrogen-bond donors (Lipinski definition) is 0. The lowest BCUT2D eigenvalue weighted by Gasteiger charge is -2.01. The first-order chi connectivity index (χ1) is 6.91. The Balaban J connectivity index is 2.78. The second-order valence-electron chi connectivity index (χ2n) is 4.22. The van der Waals surface area contributed by atoms with Gasteiger partial charge < -0.3 is 0 Å². The summed E-state index contributed by atoms with van der Waals surface area (Å²) in [5, 5.41) is 1.50. The summed E-state index contributed by atoms with van der Waals surface area (Å²) in [5.74, 6) is 0. The van der Waals surface area contributed by atoms with Crippen molar-refractivity contribution in [3.63, 3.8) is 0 Å². The van der Waals surface area contributed by atoms with Crippen LogP contribution < -0.4 is 0 Å². The molecule has 0 aromatic heterocycles. The molecule has 0 saturated carbocycles. The Labute approximate surface area is 104 Å². The second-order valence-corrected chi connectivity index (χ2v) is 7.69. The Kier molecular flexibility index (Phi) is 15.0. The normalized spacial score (nSPS) is 10.4. The first-order valence-electron chi connectivity index (χ1n) is 6.47. The van der Waals surface area contributed by atoms with Gasteiger partial charge in [0, 0.05) is 0 Å². The van der Waals surface area contributed by atoms with Crippen molar-refractivity contribution in [2.24, 2.45) is 0 Å². The predicted octanol–water partition coefficient (Wildman–Crippen LogP) is 5.07. The molecule has 0 heterocycles. The van der Waals surface area contributed by atoms with Gasteiger partial charge in [-0.1, -0.05) is 76.4 Å². The van der Waals surface area contributed by atoms with E-state index < -0.39 is 0 Å². The molecule has 2 heteroatoms. The Hall–Kier alpha value is 1.01. The molecule has 0 rings (SSSR count). The van der Waals surface area contributed by atoms with Gasteiger partial charge in [0.05, 0.1) is 0 Å². The molecule has 0 atom stereocenters. The van der Waals surface area contributed by atoms with E-state index in [4.69, 9.17) is 0 Å². The van der Waals surface area contributed by atoms with Gasteiger partial charge >= 0.3 is 13.4 Å². The van der Waals surface area contributed by atoms with Crippen LogP contribution in [0.4, 0.5) is 0 Å². The van der Waals surface area contributed by atoms with Gasteiger partial charge in [0.25, 0.3) is 0 Å². The molecule has 0 aromatic carbocycles. The Bertz CT molecular complexity index is 84.3. The van der Waals surface area contributed by atoms with Crippen molar-refractivity contribution in [3.8, 4) is 0 Å². The van der Waals surface area contributed by atoms with Crippen LogP contribution in [0, 0.1) is 0 Å². The van der Waals surface area contributed by atoms with E-state index >= 15 is 0 Å². The highest BCUT2D eigenvalue weighted by Gasteiger charge is 1.92. The summed E-state index contributed by atoms with van der Waals surface area (Å²) in [6.45, 7) is 2.28. The van der Waals surface area contributed by atoms with Crippen LogP contribution in [0.1, 0.15) is 71.1 Å². The lowest BCUT2D eigenvalue weighted by atomic mass is 10.1. The maximum absolute atomic E-state index is 3.61. The molecule has 0 radical (unpaired) electrons. The van der Waals surface area contributed by atoms with Crippen LogP contribution in [0.25, 0.3) is 0 Å². The minimum atomic E-state index is 0.173. The van der Waals surface area contributed by atoms with E-state index in [1.54, 1.807) is 0 Å². The number of halogens is 1. The first kappa shape index (κ1) is 15.0. The highest BCUT2D eigenvalue weighted by molar-refractivity contribution is 9.23. The van der Waals surface area contributed by atoms with Crippen molar-refractivity contribution in [1.29, 1.82) is 0 Å². The predicted molar refractivity (Wildman–Crippen MR) is 72.7 cm³/mol. The van der Waals surface area contributed by atoms with E-state index in [1.807, 2.05) is 0 Å². The average molecular weight is 277 g/mol. The van der Waals surface area contributed by atoms with Crippen molar-refractivity contribution in [3.05, 3.63) is 0 Å². The molecule has 0 fully saturated rings. The van der Waals surface area contributed by atoms with Gasteiger partial charge in [-0.25, -0.2) is 14.1 Å². The molecule has 0 spiro atoms. The molecular formula is C12H26AlBr. The van der Waals surface area contributed by atoms with Crippen molar-refractivity contribution >= 4 is 27.4 Å². The third-order valence-corrected chi connectivity index (χ3v) is 5.19. The van der Waals surface area contributed by atoms with Gasteiger partial charge in [0.2, 0.25) is 0 Å². The Morgan fingerprint density at radius 2 is 1.14 bits per heavy atom.